The highest BCUT2D eigenvalue weighted by atomic mass is 16.3. The zero-order valence-corrected chi connectivity index (χ0v) is 9.21. The smallest absolute Gasteiger partial charge is 0.248 e. The Morgan fingerprint density at radius 2 is 2.00 bits per heavy atom. The quantitative estimate of drug-likeness (QED) is 0.784. The van der Waals surface area contributed by atoms with Crippen molar-refractivity contribution in [2.24, 2.45) is 5.73 Å². The molecule has 1 amide bonds. The topological polar surface area (TPSA) is 63.3 Å². The summed E-state index contributed by atoms with van der Waals surface area (Å²) in [6.07, 6.45) is 1.63. The van der Waals surface area contributed by atoms with Gasteiger partial charge in [0.05, 0.1) is 6.61 Å². The summed E-state index contributed by atoms with van der Waals surface area (Å²) in [4.78, 5) is 11.3. The second-order valence-corrected chi connectivity index (χ2v) is 3.51. The molecule has 1 rings (SSSR count). The third-order valence-electron chi connectivity index (χ3n) is 2.58. The van der Waals surface area contributed by atoms with Crippen molar-refractivity contribution in [2.75, 3.05) is 0 Å². The number of hydrogen-bond acceptors (Lipinski definition) is 2. The van der Waals surface area contributed by atoms with E-state index in [0.717, 1.165) is 29.5 Å². The minimum atomic E-state index is -0.420. The summed E-state index contributed by atoms with van der Waals surface area (Å²) >= 11 is 0. The lowest BCUT2D eigenvalue weighted by Gasteiger charge is -2.12. The van der Waals surface area contributed by atoms with Crippen LogP contribution in [-0.4, -0.2) is 11.0 Å². The molecular formula is C12H17NO2. The molecule has 82 valence electrons. The maximum absolute atomic E-state index is 11.3. The highest BCUT2D eigenvalue weighted by Gasteiger charge is 2.12. The van der Waals surface area contributed by atoms with Gasteiger partial charge in [0.25, 0.3) is 0 Å². The normalized spacial score (nSPS) is 10.3. The average Bonchev–Trinajstić information content (AvgIpc) is 2.26. The molecule has 3 nitrogen and oxygen atoms in total. The van der Waals surface area contributed by atoms with Crippen LogP contribution < -0.4 is 5.73 Å². The number of primary amides is 1. The number of nitrogens with two attached hydrogens (primary N) is 1. The molecule has 0 aliphatic carbocycles. The number of aryl methyl sites for hydroxylation is 1. The van der Waals surface area contributed by atoms with Crippen LogP contribution in [0, 0.1) is 0 Å². The minimum Gasteiger partial charge on any atom is -0.392 e. The van der Waals surface area contributed by atoms with Crippen LogP contribution in [0.3, 0.4) is 0 Å². The van der Waals surface area contributed by atoms with Crippen molar-refractivity contribution in [2.45, 2.75) is 33.3 Å². The third-order valence-corrected chi connectivity index (χ3v) is 2.58. The third kappa shape index (κ3) is 2.36. The first-order valence-corrected chi connectivity index (χ1v) is 5.19. The van der Waals surface area contributed by atoms with Gasteiger partial charge >= 0.3 is 0 Å². The number of hydrogen-bond donors (Lipinski definition) is 2. The van der Waals surface area contributed by atoms with Crippen LogP contribution in [0.15, 0.2) is 12.1 Å². The van der Waals surface area contributed by atoms with Crippen LogP contribution in [0.4, 0.5) is 0 Å². The predicted octanol–water partition coefficient (Wildman–Crippen LogP) is 1.40. The molecule has 15 heavy (non-hydrogen) atoms. The summed E-state index contributed by atoms with van der Waals surface area (Å²) in [5.74, 6) is -0.420. The predicted molar refractivity (Wildman–Crippen MR) is 59.6 cm³/mol. The second-order valence-electron chi connectivity index (χ2n) is 3.51. The average molecular weight is 207 g/mol. The van der Waals surface area contributed by atoms with Crippen LogP contribution in [0.25, 0.3) is 0 Å². The van der Waals surface area contributed by atoms with Crippen LogP contribution in [0.2, 0.25) is 0 Å². The lowest BCUT2D eigenvalue weighted by Crippen LogP contribution is -2.15. The maximum atomic E-state index is 11.3. The molecule has 0 saturated heterocycles. The molecule has 0 heterocycles. The number of aliphatic hydroxyl groups is 1. The van der Waals surface area contributed by atoms with Gasteiger partial charge in [0.15, 0.2) is 0 Å². The Bertz CT molecular complexity index is 372. The summed E-state index contributed by atoms with van der Waals surface area (Å²) in [6, 6.07) is 3.62. The maximum Gasteiger partial charge on any atom is 0.248 e. The molecule has 0 atom stereocenters. The van der Waals surface area contributed by atoms with Crippen molar-refractivity contribution >= 4 is 5.91 Å². The van der Waals surface area contributed by atoms with Crippen LogP contribution in [-0.2, 0) is 19.4 Å². The first-order chi connectivity index (χ1) is 7.13. The van der Waals surface area contributed by atoms with E-state index in [9.17, 15) is 4.79 Å². The fourth-order valence-electron chi connectivity index (χ4n) is 1.84. The lowest BCUT2D eigenvalue weighted by molar-refractivity contribution is 0.0999. The van der Waals surface area contributed by atoms with Gasteiger partial charge in [0.1, 0.15) is 0 Å². The summed E-state index contributed by atoms with van der Waals surface area (Å²) in [5, 5.41) is 9.08. The van der Waals surface area contributed by atoms with Gasteiger partial charge in [-0.25, -0.2) is 0 Å². The molecule has 0 saturated carbocycles. The molecule has 3 heteroatoms. The Morgan fingerprint density at radius 1 is 1.33 bits per heavy atom. The van der Waals surface area contributed by atoms with Crippen LogP contribution in [0.1, 0.15) is 40.9 Å². The summed E-state index contributed by atoms with van der Waals surface area (Å²) in [5.41, 5.74) is 8.70. The van der Waals surface area contributed by atoms with Gasteiger partial charge < -0.3 is 10.8 Å². The molecule has 1 aromatic rings. The first kappa shape index (κ1) is 11.7. The molecule has 0 radical (unpaired) electrons. The molecule has 0 fully saturated rings. The van der Waals surface area contributed by atoms with E-state index in [1.807, 2.05) is 19.9 Å². The number of benzene rings is 1. The van der Waals surface area contributed by atoms with E-state index in [-0.39, 0.29) is 6.61 Å². The monoisotopic (exact) mass is 207 g/mol. The van der Waals surface area contributed by atoms with E-state index < -0.39 is 5.91 Å². The zero-order valence-electron chi connectivity index (χ0n) is 9.21. The minimum absolute atomic E-state index is 0.0583. The molecule has 3 N–H and O–H groups in total. The summed E-state index contributed by atoms with van der Waals surface area (Å²) in [7, 11) is 0. The lowest BCUT2D eigenvalue weighted by atomic mass is 9.94. The van der Waals surface area contributed by atoms with Crippen molar-refractivity contribution in [1.29, 1.82) is 0 Å². The zero-order chi connectivity index (χ0) is 11.4. The van der Waals surface area contributed by atoms with E-state index >= 15 is 0 Å². The molecule has 0 aliphatic rings. The Morgan fingerprint density at radius 3 is 2.40 bits per heavy atom. The van der Waals surface area contributed by atoms with E-state index in [0.29, 0.717) is 5.56 Å². The molecular weight excluding hydrogens is 190 g/mol. The van der Waals surface area contributed by atoms with Crippen molar-refractivity contribution in [3.63, 3.8) is 0 Å². The van der Waals surface area contributed by atoms with Gasteiger partial charge in [-0.3, -0.25) is 4.79 Å². The van der Waals surface area contributed by atoms with Gasteiger partial charge in [-0.2, -0.15) is 0 Å². The highest BCUT2D eigenvalue weighted by molar-refractivity contribution is 5.95. The fourth-order valence-corrected chi connectivity index (χ4v) is 1.84. The van der Waals surface area contributed by atoms with E-state index in [2.05, 4.69) is 0 Å². The van der Waals surface area contributed by atoms with Crippen molar-refractivity contribution in [3.05, 3.63) is 34.4 Å². The molecule has 0 unspecified atom stereocenters. The number of carbonyl (C=O) groups excluding carboxylic acids is 1. The fraction of sp³-hybridized carbons (Fsp3) is 0.417. The Balaban J connectivity index is 3.39. The molecule has 1 aromatic carbocycles. The molecule has 0 bridgehead atoms. The SMILES string of the molecule is CCc1cc(CO)cc(C(N)=O)c1CC. The van der Waals surface area contributed by atoms with Crippen molar-refractivity contribution in [3.8, 4) is 0 Å². The second kappa shape index (κ2) is 4.94. The van der Waals surface area contributed by atoms with Crippen molar-refractivity contribution < 1.29 is 9.90 Å². The van der Waals surface area contributed by atoms with E-state index in [4.69, 9.17) is 10.8 Å². The number of rotatable bonds is 4. The number of aliphatic hydroxyl groups excluding tert-OH is 1. The Labute approximate surface area is 89.9 Å². The van der Waals surface area contributed by atoms with Crippen molar-refractivity contribution in [1.82, 2.24) is 0 Å². The Kier molecular flexibility index (Phi) is 3.86. The Hall–Kier alpha value is -1.35. The number of amides is 1. The first-order valence-electron chi connectivity index (χ1n) is 5.19. The van der Waals surface area contributed by atoms with Crippen LogP contribution in [0.5, 0.6) is 0 Å². The van der Waals surface area contributed by atoms with Gasteiger partial charge in [-0.1, -0.05) is 19.9 Å². The van der Waals surface area contributed by atoms with E-state index in [1.165, 1.54) is 0 Å². The standard InChI is InChI=1S/C12H17NO2/c1-3-9-5-8(7-14)6-11(12(13)15)10(9)4-2/h5-6,14H,3-4,7H2,1-2H3,(H2,13,15). The summed E-state index contributed by atoms with van der Waals surface area (Å²) in [6.45, 7) is 3.97. The van der Waals surface area contributed by atoms with Crippen LogP contribution >= 0.6 is 0 Å². The molecule has 0 aliphatic heterocycles. The number of carbonyl (C=O) groups is 1. The largest absolute Gasteiger partial charge is 0.392 e. The van der Waals surface area contributed by atoms with Gasteiger partial charge in [-0.05, 0) is 35.6 Å². The van der Waals surface area contributed by atoms with E-state index in [1.54, 1.807) is 6.07 Å². The highest BCUT2D eigenvalue weighted by Crippen LogP contribution is 2.19. The van der Waals surface area contributed by atoms with Gasteiger partial charge in [0, 0.05) is 5.56 Å². The van der Waals surface area contributed by atoms with Gasteiger partial charge in [-0.15, -0.1) is 0 Å². The molecule has 0 aromatic heterocycles. The molecule has 0 spiro atoms. The summed E-state index contributed by atoms with van der Waals surface area (Å²) < 4.78 is 0. The van der Waals surface area contributed by atoms with Gasteiger partial charge in [0.2, 0.25) is 5.91 Å².